The van der Waals surface area contributed by atoms with E-state index in [-0.39, 0.29) is 30.7 Å². The van der Waals surface area contributed by atoms with Gasteiger partial charge < -0.3 is 0 Å². The second kappa shape index (κ2) is 4.56. The predicted molar refractivity (Wildman–Crippen MR) is 63.4 cm³/mol. The number of carbonyl (C=O) groups is 2. The van der Waals surface area contributed by atoms with Crippen LogP contribution in [0.5, 0.6) is 0 Å². The minimum Gasteiger partial charge on any atom is -0.278 e. The largest absolute Gasteiger partial charge is 0.278 e. The molecule has 17 heavy (non-hydrogen) atoms. The summed E-state index contributed by atoms with van der Waals surface area (Å²) in [5, 5.41) is 0. The molecule has 0 saturated carbocycles. The number of likely N-dealkylation sites (tertiary alicyclic amines) is 1. The summed E-state index contributed by atoms with van der Waals surface area (Å²) in [7, 11) is 0. The summed E-state index contributed by atoms with van der Waals surface area (Å²) < 4.78 is 14.2. The van der Waals surface area contributed by atoms with Crippen LogP contribution in [0.1, 0.15) is 18.9 Å². The molecule has 0 aromatic heterocycles. The van der Waals surface area contributed by atoms with E-state index in [9.17, 15) is 14.0 Å². The maximum Gasteiger partial charge on any atom is 0.232 e. The van der Waals surface area contributed by atoms with Crippen molar-refractivity contribution in [3.8, 4) is 0 Å². The van der Waals surface area contributed by atoms with Crippen LogP contribution in [0.4, 0.5) is 4.39 Å². The van der Waals surface area contributed by atoms with Crippen molar-refractivity contribution in [1.29, 1.82) is 0 Å². The number of halogens is 2. The van der Waals surface area contributed by atoms with Gasteiger partial charge in [0.1, 0.15) is 5.82 Å². The van der Waals surface area contributed by atoms with E-state index < -0.39 is 5.82 Å². The highest BCUT2D eigenvalue weighted by atomic mass is 79.9. The Morgan fingerprint density at radius 2 is 2.18 bits per heavy atom. The minimum absolute atomic E-state index is 0.0150. The third-order valence-corrected chi connectivity index (χ3v) is 3.31. The number of hydrogen-bond donors (Lipinski definition) is 0. The van der Waals surface area contributed by atoms with Gasteiger partial charge in [0.2, 0.25) is 11.8 Å². The van der Waals surface area contributed by atoms with E-state index in [1.807, 2.05) is 0 Å². The summed E-state index contributed by atoms with van der Waals surface area (Å²) in [5.41, 5.74) is 0.351. The van der Waals surface area contributed by atoms with E-state index in [4.69, 9.17) is 0 Å². The molecule has 1 aliphatic heterocycles. The Balaban J connectivity index is 2.21. The van der Waals surface area contributed by atoms with Gasteiger partial charge in [-0.3, -0.25) is 14.5 Å². The van der Waals surface area contributed by atoms with E-state index in [0.29, 0.717) is 10.0 Å². The summed E-state index contributed by atoms with van der Waals surface area (Å²) >= 11 is 3.15. The molecule has 1 aromatic rings. The molecule has 1 saturated heterocycles. The van der Waals surface area contributed by atoms with Crippen molar-refractivity contribution in [2.45, 2.75) is 19.9 Å². The van der Waals surface area contributed by atoms with Gasteiger partial charge in [0.05, 0.1) is 6.54 Å². The number of rotatable bonds is 2. The van der Waals surface area contributed by atoms with Crippen LogP contribution in [0, 0.1) is 11.7 Å². The van der Waals surface area contributed by atoms with E-state index >= 15 is 0 Å². The van der Waals surface area contributed by atoms with E-state index in [0.717, 1.165) is 4.90 Å². The van der Waals surface area contributed by atoms with Gasteiger partial charge in [0.25, 0.3) is 0 Å². The lowest BCUT2D eigenvalue weighted by Gasteiger charge is -2.14. The SMILES string of the molecule is CC1CC(=O)N(Cc2ccc(Br)cc2F)C1=O. The zero-order chi connectivity index (χ0) is 12.6. The van der Waals surface area contributed by atoms with Crippen LogP contribution in [-0.2, 0) is 16.1 Å². The molecule has 0 bridgehead atoms. The Hall–Kier alpha value is -1.23. The molecule has 3 nitrogen and oxygen atoms in total. The molecular weight excluding hydrogens is 289 g/mol. The van der Waals surface area contributed by atoms with Crippen LogP contribution in [0.2, 0.25) is 0 Å². The molecule has 1 aromatic carbocycles. The van der Waals surface area contributed by atoms with Crippen molar-refractivity contribution in [1.82, 2.24) is 4.90 Å². The van der Waals surface area contributed by atoms with Gasteiger partial charge in [-0.05, 0) is 12.1 Å². The monoisotopic (exact) mass is 299 g/mol. The third-order valence-electron chi connectivity index (χ3n) is 2.81. The molecule has 1 atom stereocenters. The maximum atomic E-state index is 13.6. The second-order valence-electron chi connectivity index (χ2n) is 4.16. The Kier molecular flexibility index (Phi) is 3.28. The fraction of sp³-hybridized carbons (Fsp3) is 0.333. The summed E-state index contributed by atoms with van der Waals surface area (Å²) in [6.07, 6.45) is 0.219. The predicted octanol–water partition coefficient (Wildman–Crippen LogP) is 2.48. The topological polar surface area (TPSA) is 37.4 Å². The summed E-state index contributed by atoms with van der Waals surface area (Å²) in [4.78, 5) is 24.3. The van der Waals surface area contributed by atoms with Crippen LogP contribution in [0.3, 0.4) is 0 Å². The smallest absolute Gasteiger partial charge is 0.232 e. The molecule has 0 N–H and O–H groups in total. The van der Waals surface area contributed by atoms with Crippen LogP contribution >= 0.6 is 15.9 Å². The van der Waals surface area contributed by atoms with Gasteiger partial charge in [0, 0.05) is 22.4 Å². The van der Waals surface area contributed by atoms with Crippen LogP contribution in [-0.4, -0.2) is 16.7 Å². The van der Waals surface area contributed by atoms with E-state index in [1.54, 1.807) is 19.1 Å². The average Bonchev–Trinajstić information content (AvgIpc) is 2.48. The Labute approximate surface area is 107 Å². The number of amides is 2. The molecule has 2 rings (SSSR count). The Bertz CT molecular complexity index is 489. The van der Waals surface area contributed by atoms with Crippen LogP contribution < -0.4 is 0 Å². The third kappa shape index (κ3) is 2.39. The van der Waals surface area contributed by atoms with Crippen LogP contribution in [0.25, 0.3) is 0 Å². The van der Waals surface area contributed by atoms with Crippen molar-refractivity contribution < 1.29 is 14.0 Å². The fourth-order valence-corrected chi connectivity index (χ4v) is 2.17. The molecule has 90 valence electrons. The van der Waals surface area contributed by atoms with Gasteiger partial charge in [0.15, 0.2) is 0 Å². The average molecular weight is 300 g/mol. The number of benzene rings is 1. The van der Waals surface area contributed by atoms with Crippen molar-refractivity contribution in [3.63, 3.8) is 0 Å². The van der Waals surface area contributed by atoms with Gasteiger partial charge in [-0.15, -0.1) is 0 Å². The molecule has 0 aliphatic carbocycles. The highest BCUT2D eigenvalue weighted by Crippen LogP contribution is 2.23. The van der Waals surface area contributed by atoms with Crippen molar-refractivity contribution >= 4 is 27.7 Å². The highest BCUT2D eigenvalue weighted by Gasteiger charge is 2.35. The molecule has 1 fully saturated rings. The molecule has 2 amide bonds. The zero-order valence-electron chi connectivity index (χ0n) is 9.24. The molecule has 0 radical (unpaired) electrons. The number of imide groups is 1. The molecular formula is C12H11BrFNO2. The summed E-state index contributed by atoms with van der Waals surface area (Å²) in [6.45, 7) is 1.72. The summed E-state index contributed by atoms with van der Waals surface area (Å²) in [5.74, 6) is -1.16. The molecule has 1 heterocycles. The van der Waals surface area contributed by atoms with Gasteiger partial charge in [-0.2, -0.15) is 0 Å². The first kappa shape index (κ1) is 12.2. The molecule has 1 unspecified atom stereocenters. The first-order valence-electron chi connectivity index (χ1n) is 5.27. The van der Waals surface area contributed by atoms with E-state index in [1.165, 1.54) is 6.07 Å². The Morgan fingerprint density at radius 1 is 1.47 bits per heavy atom. The van der Waals surface area contributed by atoms with Crippen molar-refractivity contribution in [2.24, 2.45) is 5.92 Å². The normalized spacial score (nSPS) is 20.2. The molecule has 5 heteroatoms. The molecule has 1 aliphatic rings. The number of carbonyl (C=O) groups excluding carboxylic acids is 2. The summed E-state index contributed by atoms with van der Waals surface area (Å²) in [6, 6.07) is 4.58. The number of hydrogen-bond acceptors (Lipinski definition) is 2. The maximum absolute atomic E-state index is 13.6. The van der Waals surface area contributed by atoms with Gasteiger partial charge >= 0.3 is 0 Å². The Morgan fingerprint density at radius 3 is 2.71 bits per heavy atom. The fourth-order valence-electron chi connectivity index (χ4n) is 1.83. The van der Waals surface area contributed by atoms with Crippen molar-refractivity contribution in [2.75, 3.05) is 0 Å². The van der Waals surface area contributed by atoms with Crippen LogP contribution in [0.15, 0.2) is 22.7 Å². The lowest BCUT2D eigenvalue weighted by molar-refractivity contribution is -0.139. The zero-order valence-corrected chi connectivity index (χ0v) is 10.8. The minimum atomic E-state index is -0.417. The first-order chi connectivity index (χ1) is 7.99. The van der Waals surface area contributed by atoms with Gasteiger partial charge in [-0.1, -0.05) is 28.9 Å². The van der Waals surface area contributed by atoms with Gasteiger partial charge in [-0.25, -0.2) is 4.39 Å². The second-order valence-corrected chi connectivity index (χ2v) is 5.07. The van der Waals surface area contributed by atoms with E-state index in [2.05, 4.69) is 15.9 Å². The number of nitrogens with zero attached hydrogens (tertiary/aromatic N) is 1. The van der Waals surface area contributed by atoms with Crippen molar-refractivity contribution in [3.05, 3.63) is 34.1 Å². The lowest BCUT2D eigenvalue weighted by Crippen LogP contribution is -2.30. The lowest BCUT2D eigenvalue weighted by atomic mass is 10.1. The quantitative estimate of drug-likeness (QED) is 0.787. The first-order valence-corrected chi connectivity index (χ1v) is 6.06. The molecule has 0 spiro atoms. The standard InChI is InChI=1S/C12H11BrFNO2/c1-7-4-11(16)15(12(7)17)6-8-2-3-9(13)5-10(8)14/h2-3,5,7H,4,6H2,1H3. The highest BCUT2D eigenvalue weighted by molar-refractivity contribution is 9.10.